The summed E-state index contributed by atoms with van der Waals surface area (Å²) < 4.78 is 5.18. The van der Waals surface area contributed by atoms with E-state index in [1.807, 2.05) is 26.1 Å². The molecule has 0 fully saturated rings. The van der Waals surface area contributed by atoms with E-state index in [1.165, 1.54) is 0 Å². The van der Waals surface area contributed by atoms with E-state index in [1.54, 1.807) is 18.2 Å². The summed E-state index contributed by atoms with van der Waals surface area (Å²) in [6.45, 7) is 2.50. The van der Waals surface area contributed by atoms with E-state index >= 15 is 0 Å². The van der Waals surface area contributed by atoms with Crippen molar-refractivity contribution in [2.24, 2.45) is 0 Å². The molecule has 1 atom stereocenters. The molecule has 0 spiro atoms. The van der Waals surface area contributed by atoms with Crippen LogP contribution in [0.3, 0.4) is 0 Å². The molecule has 0 aliphatic carbocycles. The quantitative estimate of drug-likeness (QED) is 0.888. The average molecular weight is 294 g/mol. The maximum Gasteiger partial charge on any atom is 0.273 e. The first kappa shape index (κ1) is 14.6. The molecule has 0 aliphatic rings. The number of hydrogen-bond donors (Lipinski definition) is 2. The number of benzene rings is 1. The van der Waals surface area contributed by atoms with Gasteiger partial charge in [0.2, 0.25) is 0 Å². The lowest BCUT2D eigenvalue weighted by Gasteiger charge is -2.09. The van der Waals surface area contributed by atoms with Gasteiger partial charge in [-0.3, -0.25) is 4.79 Å². The molecule has 6 heteroatoms. The van der Waals surface area contributed by atoms with Crippen LogP contribution >= 0.6 is 11.6 Å². The van der Waals surface area contributed by atoms with Gasteiger partial charge in [0.15, 0.2) is 11.5 Å². The highest BCUT2D eigenvalue weighted by Crippen LogP contribution is 2.22. The van der Waals surface area contributed by atoms with E-state index in [9.17, 15) is 4.79 Å². The Kier molecular flexibility index (Phi) is 4.76. The van der Waals surface area contributed by atoms with Crippen molar-refractivity contribution in [2.75, 3.05) is 13.6 Å². The predicted molar refractivity (Wildman–Crippen MR) is 77.8 cm³/mol. The zero-order valence-electron chi connectivity index (χ0n) is 11.3. The Morgan fingerprint density at radius 2 is 2.10 bits per heavy atom. The normalized spacial score (nSPS) is 12.2. The molecule has 0 saturated heterocycles. The number of amides is 1. The summed E-state index contributed by atoms with van der Waals surface area (Å²) in [5, 5.41) is 10.2. The van der Waals surface area contributed by atoms with Crippen molar-refractivity contribution in [3.05, 3.63) is 41.0 Å². The Morgan fingerprint density at radius 1 is 1.40 bits per heavy atom. The third-order valence-electron chi connectivity index (χ3n) is 2.93. The third kappa shape index (κ3) is 3.59. The van der Waals surface area contributed by atoms with Crippen LogP contribution in [0.2, 0.25) is 5.02 Å². The molecule has 1 heterocycles. The first-order valence-corrected chi connectivity index (χ1v) is 6.66. The van der Waals surface area contributed by atoms with E-state index < -0.39 is 0 Å². The van der Waals surface area contributed by atoms with Crippen LogP contribution in [0.1, 0.15) is 17.4 Å². The Balaban J connectivity index is 2.05. The minimum absolute atomic E-state index is 0.196. The summed E-state index contributed by atoms with van der Waals surface area (Å²) in [4.78, 5) is 11.9. The second kappa shape index (κ2) is 6.54. The average Bonchev–Trinajstić information content (AvgIpc) is 2.95. The molecule has 0 aliphatic heterocycles. The fraction of sp³-hybridized carbons (Fsp3) is 0.286. The fourth-order valence-electron chi connectivity index (χ4n) is 1.57. The van der Waals surface area contributed by atoms with Crippen molar-refractivity contribution in [1.29, 1.82) is 0 Å². The van der Waals surface area contributed by atoms with E-state index in [0.717, 1.165) is 5.56 Å². The smallest absolute Gasteiger partial charge is 0.273 e. The van der Waals surface area contributed by atoms with Crippen LogP contribution < -0.4 is 10.6 Å². The molecule has 2 rings (SSSR count). The monoisotopic (exact) mass is 293 g/mol. The number of aromatic nitrogens is 1. The first-order chi connectivity index (χ1) is 9.60. The number of hydrogen-bond acceptors (Lipinski definition) is 4. The zero-order chi connectivity index (χ0) is 14.5. The maximum atomic E-state index is 11.9. The van der Waals surface area contributed by atoms with Crippen molar-refractivity contribution in [1.82, 2.24) is 15.8 Å². The third-order valence-corrected chi connectivity index (χ3v) is 3.19. The van der Waals surface area contributed by atoms with Gasteiger partial charge in [-0.25, -0.2) is 0 Å². The second-order valence-corrected chi connectivity index (χ2v) is 4.92. The van der Waals surface area contributed by atoms with Crippen LogP contribution in [-0.2, 0) is 0 Å². The molecule has 0 saturated carbocycles. The summed E-state index contributed by atoms with van der Waals surface area (Å²) >= 11 is 5.82. The second-order valence-electron chi connectivity index (χ2n) is 4.48. The topological polar surface area (TPSA) is 67.2 Å². The summed E-state index contributed by atoms with van der Waals surface area (Å²) in [6.07, 6.45) is 0. The molecule has 1 aromatic heterocycles. The number of likely N-dealkylation sites (N-methyl/N-ethyl adjacent to an activating group) is 1. The SMILES string of the molecule is CNC(C)CNC(=O)c1cc(-c2ccc(Cl)cc2)on1. The van der Waals surface area contributed by atoms with Gasteiger partial charge in [-0.2, -0.15) is 0 Å². The zero-order valence-corrected chi connectivity index (χ0v) is 12.1. The Morgan fingerprint density at radius 3 is 2.75 bits per heavy atom. The van der Waals surface area contributed by atoms with E-state index in [2.05, 4.69) is 15.8 Å². The maximum absolute atomic E-state index is 11.9. The van der Waals surface area contributed by atoms with Gasteiger partial charge in [0, 0.05) is 29.2 Å². The van der Waals surface area contributed by atoms with Gasteiger partial charge in [-0.05, 0) is 38.2 Å². The van der Waals surface area contributed by atoms with E-state index in [-0.39, 0.29) is 17.6 Å². The van der Waals surface area contributed by atoms with Crippen LogP contribution in [-0.4, -0.2) is 30.7 Å². The largest absolute Gasteiger partial charge is 0.355 e. The molecule has 20 heavy (non-hydrogen) atoms. The van der Waals surface area contributed by atoms with Crippen LogP contribution in [0.4, 0.5) is 0 Å². The number of nitrogens with zero attached hydrogens (tertiary/aromatic N) is 1. The molecule has 5 nitrogen and oxygen atoms in total. The van der Waals surface area contributed by atoms with E-state index in [4.69, 9.17) is 16.1 Å². The minimum atomic E-state index is -0.254. The van der Waals surface area contributed by atoms with Crippen molar-refractivity contribution in [3.63, 3.8) is 0 Å². The Bertz CT molecular complexity index is 580. The van der Waals surface area contributed by atoms with Gasteiger partial charge in [-0.1, -0.05) is 16.8 Å². The lowest BCUT2D eigenvalue weighted by molar-refractivity contribution is 0.0941. The summed E-state index contributed by atoms with van der Waals surface area (Å²) in [6, 6.07) is 8.95. The van der Waals surface area contributed by atoms with Gasteiger partial charge in [0.1, 0.15) is 0 Å². The summed E-state index contributed by atoms with van der Waals surface area (Å²) in [5.74, 6) is 0.282. The van der Waals surface area contributed by atoms with Crippen molar-refractivity contribution in [3.8, 4) is 11.3 Å². The summed E-state index contributed by atoms with van der Waals surface area (Å²) in [5.41, 5.74) is 1.09. The molecule has 0 radical (unpaired) electrons. The van der Waals surface area contributed by atoms with Crippen molar-refractivity contribution >= 4 is 17.5 Å². The first-order valence-electron chi connectivity index (χ1n) is 6.28. The highest BCUT2D eigenvalue weighted by atomic mass is 35.5. The molecular weight excluding hydrogens is 278 g/mol. The Hall–Kier alpha value is -1.85. The van der Waals surface area contributed by atoms with Gasteiger partial charge in [-0.15, -0.1) is 0 Å². The number of carbonyl (C=O) groups is 1. The lowest BCUT2D eigenvalue weighted by Crippen LogP contribution is -2.37. The number of nitrogens with one attached hydrogen (secondary N) is 2. The fourth-order valence-corrected chi connectivity index (χ4v) is 1.70. The van der Waals surface area contributed by atoms with Gasteiger partial charge in [0.25, 0.3) is 5.91 Å². The van der Waals surface area contributed by atoms with Crippen LogP contribution in [0, 0.1) is 0 Å². The van der Waals surface area contributed by atoms with Gasteiger partial charge >= 0.3 is 0 Å². The lowest BCUT2D eigenvalue weighted by atomic mass is 10.1. The predicted octanol–water partition coefficient (Wildman–Crippen LogP) is 2.33. The molecular formula is C14H16ClN3O2. The van der Waals surface area contributed by atoms with Gasteiger partial charge in [0.05, 0.1) is 0 Å². The molecule has 1 amide bonds. The van der Waals surface area contributed by atoms with E-state index in [0.29, 0.717) is 17.3 Å². The molecule has 1 unspecified atom stereocenters. The molecule has 1 aromatic carbocycles. The number of carbonyl (C=O) groups excluding carboxylic acids is 1. The van der Waals surface area contributed by atoms with Crippen LogP contribution in [0.15, 0.2) is 34.9 Å². The summed E-state index contributed by atoms with van der Waals surface area (Å²) in [7, 11) is 1.84. The van der Waals surface area contributed by atoms with Crippen molar-refractivity contribution in [2.45, 2.75) is 13.0 Å². The highest BCUT2D eigenvalue weighted by molar-refractivity contribution is 6.30. The molecule has 2 aromatic rings. The minimum Gasteiger partial charge on any atom is -0.355 e. The number of rotatable bonds is 5. The molecule has 2 N–H and O–H groups in total. The van der Waals surface area contributed by atoms with Gasteiger partial charge < -0.3 is 15.2 Å². The van der Waals surface area contributed by atoms with Crippen LogP contribution in [0.5, 0.6) is 0 Å². The van der Waals surface area contributed by atoms with Crippen LogP contribution in [0.25, 0.3) is 11.3 Å². The number of halogens is 1. The highest BCUT2D eigenvalue weighted by Gasteiger charge is 2.14. The molecule has 106 valence electrons. The van der Waals surface area contributed by atoms with Crippen molar-refractivity contribution < 1.29 is 9.32 Å². The Labute approximate surface area is 122 Å². The molecule has 0 bridgehead atoms. The standard InChI is InChI=1S/C14H16ClN3O2/c1-9(16-2)8-17-14(19)12-7-13(20-18-12)10-3-5-11(15)6-4-10/h3-7,9,16H,8H2,1-2H3,(H,17,19).